The molecule has 0 aromatic heterocycles. The minimum absolute atomic E-state index is 0.621. The van der Waals surface area contributed by atoms with Crippen LogP contribution in [0.15, 0.2) is 23.3 Å². The van der Waals surface area contributed by atoms with E-state index in [-0.39, 0.29) is 0 Å². The lowest BCUT2D eigenvalue weighted by atomic mass is 9.53. The molecule has 0 radical (unpaired) electrons. The van der Waals surface area contributed by atoms with Gasteiger partial charge in [0.05, 0.1) is 0 Å². The molecule has 1 nitrogen and oxygen atoms in total. The Morgan fingerprint density at radius 1 is 0.528 bits per heavy atom. The molecule has 12 aliphatic rings. The minimum Gasteiger partial charge on any atom is -0.307 e. The molecule has 1 saturated heterocycles. The Kier molecular flexibility index (Phi) is 8.79. The molecule has 1 N–H and O–H groups in total. The lowest BCUT2D eigenvalue weighted by molar-refractivity contribution is 0.0208. The third kappa shape index (κ3) is 5.01. The highest BCUT2D eigenvalue weighted by atomic mass is 15.0. The maximum Gasteiger partial charge on any atom is 0.0313 e. The van der Waals surface area contributed by atoms with Crippen LogP contribution in [0.3, 0.4) is 0 Å². The molecule has 1 heterocycles. The molecule has 12 rings (SSSR count). The van der Waals surface area contributed by atoms with E-state index < -0.39 is 0 Å². The topological polar surface area (TPSA) is 12.0 Å². The molecule has 10 fully saturated rings. The van der Waals surface area contributed by atoms with E-state index in [1.807, 2.05) is 5.57 Å². The Bertz CT molecular complexity index is 1440. The van der Waals surface area contributed by atoms with Gasteiger partial charge in [0, 0.05) is 17.5 Å². The van der Waals surface area contributed by atoms with Crippen molar-refractivity contribution in [2.45, 2.75) is 192 Å². The van der Waals surface area contributed by atoms with E-state index in [1.54, 1.807) is 116 Å². The van der Waals surface area contributed by atoms with Gasteiger partial charge < -0.3 is 5.32 Å². The van der Waals surface area contributed by atoms with Crippen molar-refractivity contribution < 1.29 is 0 Å². The molecule has 0 amide bonds. The third-order valence-electron chi connectivity index (χ3n) is 21.9. The van der Waals surface area contributed by atoms with Gasteiger partial charge in [-0.05, 0) is 216 Å². The maximum absolute atomic E-state index is 4.68. The van der Waals surface area contributed by atoms with Gasteiger partial charge in [-0.3, -0.25) is 0 Å². The van der Waals surface area contributed by atoms with Gasteiger partial charge in [-0.1, -0.05) is 88.0 Å². The fourth-order valence-electron chi connectivity index (χ4n) is 20.8. The molecular formula is C52H79N. The van der Waals surface area contributed by atoms with Crippen molar-refractivity contribution in [2.75, 3.05) is 0 Å². The molecule has 0 bridgehead atoms. The number of allylic oxidation sites excluding steroid dienone is 3. The molecule has 11 aliphatic carbocycles. The smallest absolute Gasteiger partial charge is 0.0313 e. The van der Waals surface area contributed by atoms with Crippen molar-refractivity contribution in [1.29, 1.82) is 0 Å². The van der Waals surface area contributed by atoms with Gasteiger partial charge in [0.15, 0.2) is 0 Å². The first-order valence-corrected chi connectivity index (χ1v) is 25.4. The Labute approximate surface area is 325 Å². The molecule has 0 aromatic rings. The van der Waals surface area contributed by atoms with E-state index in [9.17, 15) is 0 Å². The summed E-state index contributed by atoms with van der Waals surface area (Å²) < 4.78 is 0. The summed E-state index contributed by atoms with van der Waals surface area (Å²) >= 11 is 0. The Balaban J connectivity index is 0.915. The first kappa shape index (κ1) is 34.5. The molecule has 20 atom stereocenters. The third-order valence-corrected chi connectivity index (χ3v) is 21.9. The molecule has 53 heavy (non-hydrogen) atoms. The predicted molar refractivity (Wildman–Crippen MR) is 219 cm³/mol. The van der Waals surface area contributed by atoms with Crippen LogP contribution in [-0.2, 0) is 0 Å². The van der Waals surface area contributed by atoms with Gasteiger partial charge in [-0.25, -0.2) is 0 Å². The Morgan fingerprint density at radius 3 is 2.00 bits per heavy atom. The van der Waals surface area contributed by atoms with Gasteiger partial charge in [-0.15, -0.1) is 0 Å². The van der Waals surface area contributed by atoms with E-state index >= 15 is 0 Å². The van der Waals surface area contributed by atoms with E-state index in [0.717, 1.165) is 107 Å². The normalized spacial score (nSPS) is 57.0. The van der Waals surface area contributed by atoms with Crippen LogP contribution < -0.4 is 5.32 Å². The van der Waals surface area contributed by atoms with Crippen LogP contribution in [0, 0.1) is 106 Å². The monoisotopic (exact) mass is 718 g/mol. The zero-order valence-corrected chi connectivity index (χ0v) is 34.2. The van der Waals surface area contributed by atoms with Crippen LogP contribution in [0.1, 0.15) is 180 Å². The van der Waals surface area contributed by atoms with Crippen molar-refractivity contribution >= 4 is 0 Å². The summed E-state index contributed by atoms with van der Waals surface area (Å²) in [5.41, 5.74) is 4.74. The van der Waals surface area contributed by atoms with E-state index in [4.69, 9.17) is 0 Å². The number of nitrogens with one attached hydrogen (secondary N) is 1. The zero-order valence-electron chi connectivity index (χ0n) is 34.2. The van der Waals surface area contributed by atoms with Crippen molar-refractivity contribution in [3.63, 3.8) is 0 Å². The van der Waals surface area contributed by atoms with Gasteiger partial charge in [0.25, 0.3) is 0 Å². The van der Waals surface area contributed by atoms with Crippen LogP contribution in [0.4, 0.5) is 0 Å². The van der Waals surface area contributed by atoms with Crippen LogP contribution in [0.25, 0.3) is 0 Å². The SMILES string of the molecule is CC1CC(C2CCC3C(C2)C2CCCCC2C32C3=CC4C5CCCCC5C5CCCC(C3C3CCCCC32)C45)NC(C2=CCCCC2)C2CCCCC12. The first-order chi connectivity index (χ1) is 26.2. The number of fused-ring (bicyclic) bond motifs is 15. The molecule has 1 aliphatic heterocycles. The maximum atomic E-state index is 4.68. The van der Waals surface area contributed by atoms with Crippen molar-refractivity contribution in [1.82, 2.24) is 5.32 Å². The lowest BCUT2D eigenvalue weighted by Gasteiger charge is -2.51. The van der Waals surface area contributed by atoms with Gasteiger partial charge in [0.1, 0.15) is 0 Å². The summed E-state index contributed by atoms with van der Waals surface area (Å²) in [6, 6.07) is 1.48. The highest BCUT2D eigenvalue weighted by Gasteiger charge is 2.73. The average Bonchev–Trinajstić information content (AvgIpc) is 3.78. The zero-order chi connectivity index (χ0) is 34.8. The van der Waals surface area contributed by atoms with Gasteiger partial charge in [0.2, 0.25) is 0 Å². The Morgan fingerprint density at radius 2 is 1.19 bits per heavy atom. The first-order valence-electron chi connectivity index (χ1n) is 25.4. The summed E-state index contributed by atoms with van der Waals surface area (Å²) in [6.45, 7) is 2.73. The summed E-state index contributed by atoms with van der Waals surface area (Å²) in [7, 11) is 0. The van der Waals surface area contributed by atoms with Crippen molar-refractivity contribution in [2.24, 2.45) is 106 Å². The predicted octanol–water partition coefficient (Wildman–Crippen LogP) is 13.3. The van der Waals surface area contributed by atoms with Crippen LogP contribution in [0.5, 0.6) is 0 Å². The van der Waals surface area contributed by atoms with Crippen LogP contribution in [-0.4, -0.2) is 12.1 Å². The number of rotatable bonds is 2. The average molecular weight is 718 g/mol. The van der Waals surface area contributed by atoms with Crippen LogP contribution >= 0.6 is 0 Å². The summed E-state index contributed by atoms with van der Waals surface area (Å²) in [5.74, 6) is 17.5. The van der Waals surface area contributed by atoms with Gasteiger partial charge >= 0.3 is 0 Å². The van der Waals surface area contributed by atoms with Crippen LogP contribution in [0.2, 0.25) is 0 Å². The molecule has 9 saturated carbocycles. The highest BCUT2D eigenvalue weighted by molar-refractivity contribution is 5.39. The fraction of sp³-hybridized carbons (Fsp3) is 0.923. The second-order valence-corrected chi connectivity index (χ2v) is 23.2. The molecule has 292 valence electrons. The summed E-state index contributed by atoms with van der Waals surface area (Å²) in [5, 5.41) is 4.68. The largest absolute Gasteiger partial charge is 0.307 e. The summed E-state index contributed by atoms with van der Waals surface area (Å²) in [6.07, 6.45) is 47.8. The molecule has 1 spiro atoms. The van der Waals surface area contributed by atoms with E-state index in [1.165, 1.54) is 57.8 Å². The standard InChI is InChI=1S/C52H79N/c1-31-28-48(53-51(32-14-3-2-4-15-32)39-20-8-5-16-34(31)39)33-26-27-46-42(29-33)37-19-9-11-24-44(37)52(46)45-25-12-10-21-40(45)50-41-23-13-22-38-35-17-6-7-18-36(35)43(49(38)41)30-47(50)52/h14,30-31,33-46,48-51,53H,2-13,15-29H2,1H3. The molecule has 1 heteroatoms. The number of hydrogen-bond donors (Lipinski definition) is 1. The van der Waals surface area contributed by atoms with Crippen molar-refractivity contribution in [3.8, 4) is 0 Å². The highest BCUT2D eigenvalue weighted by Crippen LogP contribution is 2.80. The minimum atomic E-state index is 0.621. The van der Waals surface area contributed by atoms with E-state index in [2.05, 4.69) is 30.0 Å². The summed E-state index contributed by atoms with van der Waals surface area (Å²) in [4.78, 5) is 0. The van der Waals surface area contributed by atoms with Gasteiger partial charge in [-0.2, -0.15) is 0 Å². The molecular weight excluding hydrogens is 639 g/mol. The second-order valence-electron chi connectivity index (χ2n) is 23.2. The Hall–Kier alpha value is -0.560. The fourth-order valence-corrected chi connectivity index (χ4v) is 20.8. The second kappa shape index (κ2) is 13.5. The molecule has 20 unspecified atom stereocenters. The quantitative estimate of drug-likeness (QED) is 0.280. The van der Waals surface area contributed by atoms with Crippen molar-refractivity contribution in [3.05, 3.63) is 23.3 Å². The molecule has 0 aromatic carbocycles. The number of hydrogen-bond acceptors (Lipinski definition) is 1. The van der Waals surface area contributed by atoms with E-state index in [0.29, 0.717) is 11.5 Å². The lowest BCUT2D eigenvalue weighted by Crippen LogP contribution is -2.49.